The molecule has 124 valence electrons. The minimum absolute atomic E-state index is 0.132. The summed E-state index contributed by atoms with van der Waals surface area (Å²) >= 11 is 0. The second-order valence-corrected chi connectivity index (χ2v) is 5.62. The Kier molecular flexibility index (Phi) is 4.64. The lowest BCUT2D eigenvalue weighted by atomic mass is 10.1. The summed E-state index contributed by atoms with van der Waals surface area (Å²) in [6.45, 7) is 3.71. The van der Waals surface area contributed by atoms with Gasteiger partial charge in [-0.1, -0.05) is 18.7 Å². The molecule has 1 aromatic carbocycles. The Labute approximate surface area is 138 Å². The van der Waals surface area contributed by atoms with Gasteiger partial charge in [0.1, 0.15) is 0 Å². The van der Waals surface area contributed by atoms with Crippen LogP contribution in [0.5, 0.6) is 0 Å². The molecule has 0 unspecified atom stereocenters. The zero-order valence-corrected chi connectivity index (χ0v) is 13.1. The Morgan fingerprint density at radius 2 is 2.21 bits per heavy atom. The smallest absolute Gasteiger partial charge is 0.247 e. The van der Waals surface area contributed by atoms with Gasteiger partial charge in [0.05, 0.1) is 19.0 Å². The second-order valence-electron chi connectivity index (χ2n) is 5.62. The molecule has 0 spiro atoms. The first-order chi connectivity index (χ1) is 11.7. The first-order valence-electron chi connectivity index (χ1n) is 7.71. The van der Waals surface area contributed by atoms with Crippen LogP contribution in [-0.2, 0) is 22.6 Å². The highest BCUT2D eigenvalue weighted by atomic mass is 16.2. The van der Waals surface area contributed by atoms with Crippen molar-refractivity contribution in [1.82, 2.24) is 25.5 Å². The van der Waals surface area contributed by atoms with Crippen LogP contribution < -0.4 is 10.6 Å². The number of rotatable bonds is 7. The number of amides is 2. The second kappa shape index (κ2) is 7.03. The predicted molar refractivity (Wildman–Crippen MR) is 86.9 cm³/mol. The number of hydrogen-bond acceptors (Lipinski definition) is 5. The quantitative estimate of drug-likeness (QED) is 0.739. The number of tetrazole rings is 1. The van der Waals surface area contributed by atoms with Crippen LogP contribution in [0.3, 0.4) is 0 Å². The SMILES string of the molecule is C=CC(=O)Nc1cccc(CC(=O)NCc2nnnn2C2CC2)c1. The minimum atomic E-state index is -0.288. The van der Waals surface area contributed by atoms with Gasteiger partial charge in [0.2, 0.25) is 11.8 Å². The molecular formula is C16H18N6O2. The van der Waals surface area contributed by atoms with E-state index < -0.39 is 0 Å². The molecule has 0 radical (unpaired) electrons. The molecule has 8 nitrogen and oxygen atoms in total. The molecule has 1 saturated carbocycles. The summed E-state index contributed by atoms with van der Waals surface area (Å²) < 4.78 is 1.77. The molecule has 1 fully saturated rings. The van der Waals surface area contributed by atoms with Crippen molar-refractivity contribution >= 4 is 17.5 Å². The molecule has 2 aromatic rings. The van der Waals surface area contributed by atoms with Gasteiger partial charge in [0.15, 0.2) is 5.82 Å². The van der Waals surface area contributed by atoms with Crippen molar-refractivity contribution in [3.8, 4) is 0 Å². The van der Waals surface area contributed by atoms with Gasteiger partial charge in [-0.05, 0) is 47.0 Å². The number of hydrogen-bond donors (Lipinski definition) is 2. The van der Waals surface area contributed by atoms with Gasteiger partial charge in [0, 0.05) is 5.69 Å². The minimum Gasteiger partial charge on any atom is -0.348 e. The number of anilines is 1. The number of nitrogens with one attached hydrogen (secondary N) is 2. The third-order valence-electron chi connectivity index (χ3n) is 3.64. The van der Waals surface area contributed by atoms with Crippen molar-refractivity contribution in [1.29, 1.82) is 0 Å². The van der Waals surface area contributed by atoms with E-state index in [9.17, 15) is 9.59 Å². The van der Waals surface area contributed by atoms with Gasteiger partial charge in [0.25, 0.3) is 0 Å². The van der Waals surface area contributed by atoms with E-state index in [0.29, 0.717) is 24.1 Å². The molecule has 2 amide bonds. The molecular weight excluding hydrogens is 308 g/mol. The van der Waals surface area contributed by atoms with Crippen molar-refractivity contribution in [3.63, 3.8) is 0 Å². The van der Waals surface area contributed by atoms with Crippen molar-refractivity contribution in [2.24, 2.45) is 0 Å². The van der Waals surface area contributed by atoms with Gasteiger partial charge in [-0.2, -0.15) is 0 Å². The summed E-state index contributed by atoms with van der Waals surface area (Å²) in [4.78, 5) is 23.4. The van der Waals surface area contributed by atoms with E-state index in [2.05, 4.69) is 32.7 Å². The summed E-state index contributed by atoms with van der Waals surface area (Å²) in [5.74, 6) is 0.244. The maximum Gasteiger partial charge on any atom is 0.247 e. The van der Waals surface area contributed by atoms with Crippen LogP contribution >= 0.6 is 0 Å². The zero-order valence-electron chi connectivity index (χ0n) is 13.1. The lowest BCUT2D eigenvalue weighted by molar-refractivity contribution is -0.120. The third-order valence-corrected chi connectivity index (χ3v) is 3.64. The van der Waals surface area contributed by atoms with Crippen molar-refractivity contribution in [2.75, 3.05) is 5.32 Å². The monoisotopic (exact) mass is 326 g/mol. The first kappa shape index (κ1) is 15.9. The average Bonchev–Trinajstić information content (AvgIpc) is 3.31. The van der Waals surface area contributed by atoms with Crippen molar-refractivity contribution in [2.45, 2.75) is 31.8 Å². The maximum atomic E-state index is 12.1. The molecule has 24 heavy (non-hydrogen) atoms. The summed E-state index contributed by atoms with van der Waals surface area (Å²) in [6.07, 6.45) is 3.57. The summed E-state index contributed by atoms with van der Waals surface area (Å²) in [6, 6.07) is 7.51. The predicted octanol–water partition coefficient (Wildman–Crippen LogP) is 0.991. The number of benzene rings is 1. The lowest BCUT2D eigenvalue weighted by Gasteiger charge is -2.07. The molecule has 0 saturated heterocycles. The van der Waals surface area contributed by atoms with Crippen LogP contribution in [0.4, 0.5) is 5.69 Å². The molecule has 1 heterocycles. The zero-order chi connectivity index (χ0) is 16.9. The fraction of sp³-hybridized carbons (Fsp3) is 0.312. The maximum absolute atomic E-state index is 12.1. The summed E-state index contributed by atoms with van der Waals surface area (Å²) in [5.41, 5.74) is 1.43. The Morgan fingerprint density at radius 1 is 1.38 bits per heavy atom. The van der Waals surface area contributed by atoms with Crippen LogP contribution in [0.25, 0.3) is 0 Å². The molecule has 0 bridgehead atoms. The average molecular weight is 326 g/mol. The molecule has 8 heteroatoms. The number of aromatic nitrogens is 4. The topological polar surface area (TPSA) is 102 Å². The summed E-state index contributed by atoms with van der Waals surface area (Å²) in [7, 11) is 0. The van der Waals surface area contributed by atoms with Crippen LogP contribution in [0.15, 0.2) is 36.9 Å². The highest BCUT2D eigenvalue weighted by molar-refractivity contribution is 5.98. The normalized spacial score (nSPS) is 13.3. The fourth-order valence-electron chi connectivity index (χ4n) is 2.31. The molecule has 2 N–H and O–H groups in total. The largest absolute Gasteiger partial charge is 0.348 e. The van der Waals surface area contributed by atoms with E-state index in [1.807, 2.05) is 6.07 Å². The van der Waals surface area contributed by atoms with E-state index in [1.54, 1.807) is 22.9 Å². The van der Waals surface area contributed by atoms with Crippen LogP contribution in [0.2, 0.25) is 0 Å². The van der Waals surface area contributed by atoms with Crippen molar-refractivity contribution < 1.29 is 9.59 Å². The standard InChI is InChI=1S/C16H18N6O2/c1-2-15(23)18-12-5-3-4-11(8-12)9-16(24)17-10-14-19-20-21-22(14)13-6-7-13/h2-5,8,13H,1,6-7,9-10H2,(H,17,24)(H,18,23). The van der Waals surface area contributed by atoms with E-state index in [0.717, 1.165) is 18.4 Å². The molecule has 3 rings (SSSR count). The van der Waals surface area contributed by atoms with Gasteiger partial charge >= 0.3 is 0 Å². The Hall–Kier alpha value is -3.03. The molecule has 1 aromatic heterocycles. The van der Waals surface area contributed by atoms with Crippen molar-refractivity contribution in [3.05, 3.63) is 48.3 Å². The van der Waals surface area contributed by atoms with Gasteiger partial charge in [-0.15, -0.1) is 5.10 Å². The highest BCUT2D eigenvalue weighted by Crippen LogP contribution is 2.34. The molecule has 1 aliphatic rings. The van der Waals surface area contributed by atoms with E-state index in [-0.39, 0.29) is 18.2 Å². The van der Waals surface area contributed by atoms with E-state index in [4.69, 9.17) is 0 Å². The number of carbonyl (C=O) groups excluding carboxylic acids is 2. The Balaban J connectivity index is 1.54. The van der Waals surface area contributed by atoms with E-state index in [1.165, 1.54) is 6.08 Å². The summed E-state index contributed by atoms with van der Waals surface area (Å²) in [5, 5.41) is 17.0. The molecule has 1 aliphatic carbocycles. The first-order valence-corrected chi connectivity index (χ1v) is 7.71. The highest BCUT2D eigenvalue weighted by Gasteiger charge is 2.27. The number of carbonyl (C=O) groups is 2. The van der Waals surface area contributed by atoms with Gasteiger partial charge in [-0.25, -0.2) is 4.68 Å². The van der Waals surface area contributed by atoms with Gasteiger partial charge < -0.3 is 10.6 Å². The van der Waals surface area contributed by atoms with Gasteiger partial charge in [-0.3, -0.25) is 9.59 Å². The van der Waals surface area contributed by atoms with E-state index >= 15 is 0 Å². The van der Waals surface area contributed by atoms with Crippen LogP contribution in [0, 0.1) is 0 Å². The third kappa shape index (κ3) is 4.03. The van der Waals surface area contributed by atoms with Crippen LogP contribution in [0.1, 0.15) is 30.3 Å². The fourth-order valence-corrected chi connectivity index (χ4v) is 2.31. The Morgan fingerprint density at radius 3 is 2.96 bits per heavy atom. The molecule has 0 aliphatic heterocycles. The van der Waals surface area contributed by atoms with Crippen LogP contribution in [-0.4, -0.2) is 32.0 Å². The lowest BCUT2D eigenvalue weighted by Crippen LogP contribution is -2.26. The number of nitrogens with zero attached hydrogens (tertiary/aromatic N) is 4. The molecule has 0 atom stereocenters. The Bertz CT molecular complexity index is 765.